The molecule has 0 fully saturated rings. The lowest BCUT2D eigenvalue weighted by Gasteiger charge is -2.12. The molecular weight excluding hydrogens is 200 g/mol. The third-order valence-electron chi connectivity index (χ3n) is 3.04. The van der Waals surface area contributed by atoms with E-state index in [1.54, 1.807) is 0 Å². The molecule has 0 spiro atoms. The average molecular weight is 214 g/mol. The monoisotopic (exact) mass is 214 g/mol. The van der Waals surface area contributed by atoms with E-state index in [4.69, 9.17) is 5.73 Å². The number of hydrogen-bond acceptors (Lipinski definition) is 3. The van der Waals surface area contributed by atoms with E-state index in [-0.39, 0.29) is 0 Å². The zero-order chi connectivity index (χ0) is 11.0. The number of nitrogens with zero attached hydrogens (tertiary/aromatic N) is 3. The molecule has 0 bridgehead atoms. The second kappa shape index (κ2) is 3.63. The topological polar surface area (TPSA) is 56.7 Å². The smallest absolute Gasteiger partial charge is 0.0863 e. The molecule has 1 aromatic heterocycles. The molecule has 0 aliphatic heterocycles. The van der Waals surface area contributed by atoms with Gasteiger partial charge in [0.15, 0.2) is 0 Å². The Balaban J connectivity index is 2.09. The van der Waals surface area contributed by atoms with Gasteiger partial charge in [-0.1, -0.05) is 11.3 Å². The molecule has 16 heavy (non-hydrogen) atoms. The molecule has 0 amide bonds. The summed E-state index contributed by atoms with van der Waals surface area (Å²) < 4.78 is 1.92. The van der Waals surface area contributed by atoms with Crippen LogP contribution in [0.15, 0.2) is 24.3 Å². The Morgan fingerprint density at radius 1 is 1.19 bits per heavy atom. The predicted octanol–water partition coefficient (Wildman–Crippen LogP) is 1.73. The zero-order valence-corrected chi connectivity index (χ0v) is 9.06. The third kappa shape index (κ3) is 1.46. The van der Waals surface area contributed by atoms with Crippen LogP contribution in [-0.2, 0) is 12.8 Å². The molecule has 0 atom stereocenters. The lowest BCUT2D eigenvalue weighted by molar-refractivity contribution is 0.652. The molecule has 0 saturated heterocycles. The Bertz CT molecular complexity index is 515. The van der Waals surface area contributed by atoms with E-state index in [0.717, 1.165) is 29.9 Å². The maximum atomic E-state index is 5.78. The first kappa shape index (κ1) is 9.39. The summed E-state index contributed by atoms with van der Waals surface area (Å²) >= 11 is 0. The second-order valence-corrected chi connectivity index (χ2v) is 4.20. The summed E-state index contributed by atoms with van der Waals surface area (Å²) in [5.41, 5.74) is 9.94. The number of aromatic nitrogens is 3. The largest absolute Gasteiger partial charge is 0.399 e. The normalized spacial score (nSPS) is 14.8. The van der Waals surface area contributed by atoms with Crippen LogP contribution in [0.2, 0.25) is 0 Å². The summed E-state index contributed by atoms with van der Waals surface area (Å²) in [6, 6.07) is 7.78. The molecule has 0 saturated carbocycles. The number of nitrogen functional groups attached to an aromatic ring is 1. The van der Waals surface area contributed by atoms with Gasteiger partial charge in [-0.3, -0.25) is 0 Å². The number of nitrogens with two attached hydrogens (primary N) is 1. The van der Waals surface area contributed by atoms with Crippen molar-refractivity contribution in [2.45, 2.75) is 25.7 Å². The molecule has 1 aliphatic carbocycles. The molecule has 1 aliphatic rings. The first-order valence-corrected chi connectivity index (χ1v) is 5.64. The van der Waals surface area contributed by atoms with Crippen LogP contribution in [0.1, 0.15) is 24.2 Å². The molecule has 1 heterocycles. The van der Waals surface area contributed by atoms with Crippen LogP contribution in [0.5, 0.6) is 0 Å². The predicted molar refractivity (Wildman–Crippen MR) is 62.4 cm³/mol. The van der Waals surface area contributed by atoms with Gasteiger partial charge in [-0.2, -0.15) is 0 Å². The molecule has 2 N–H and O–H groups in total. The van der Waals surface area contributed by atoms with Crippen LogP contribution in [-0.4, -0.2) is 15.0 Å². The summed E-state index contributed by atoms with van der Waals surface area (Å²) in [5.74, 6) is 0. The lowest BCUT2D eigenvalue weighted by Crippen LogP contribution is -2.08. The van der Waals surface area contributed by atoms with Gasteiger partial charge in [-0.25, -0.2) is 4.68 Å². The Labute approximate surface area is 94.1 Å². The van der Waals surface area contributed by atoms with Gasteiger partial charge in [0.1, 0.15) is 0 Å². The van der Waals surface area contributed by atoms with Crippen molar-refractivity contribution >= 4 is 5.69 Å². The van der Waals surface area contributed by atoms with Crippen molar-refractivity contribution in [3.05, 3.63) is 35.7 Å². The van der Waals surface area contributed by atoms with Gasteiger partial charge in [-0.05, 0) is 43.9 Å². The lowest BCUT2D eigenvalue weighted by atomic mass is 10.0. The number of hydrogen-bond donors (Lipinski definition) is 1. The average Bonchev–Trinajstić information content (AvgIpc) is 2.72. The standard InChI is InChI=1S/C12H14N4/c13-9-4-3-5-10(8-9)16-12-7-2-1-6-11(12)14-15-16/h3-5,8H,1-2,6-7,13H2. The Morgan fingerprint density at radius 2 is 2.06 bits per heavy atom. The SMILES string of the molecule is Nc1cccc(-n2nnc3c2CCCC3)c1. The molecule has 2 aromatic rings. The van der Waals surface area contributed by atoms with Gasteiger partial charge in [0.25, 0.3) is 0 Å². The quantitative estimate of drug-likeness (QED) is 0.735. The fourth-order valence-electron chi connectivity index (χ4n) is 2.23. The third-order valence-corrected chi connectivity index (χ3v) is 3.04. The van der Waals surface area contributed by atoms with Crippen LogP contribution in [0.4, 0.5) is 5.69 Å². The Kier molecular flexibility index (Phi) is 2.13. The van der Waals surface area contributed by atoms with Crippen molar-refractivity contribution in [2.24, 2.45) is 0 Å². The van der Waals surface area contributed by atoms with Gasteiger partial charge in [0.05, 0.1) is 17.1 Å². The van der Waals surface area contributed by atoms with Gasteiger partial charge in [0, 0.05) is 5.69 Å². The fourth-order valence-corrected chi connectivity index (χ4v) is 2.23. The minimum atomic E-state index is 0.762. The van der Waals surface area contributed by atoms with Gasteiger partial charge >= 0.3 is 0 Å². The Hall–Kier alpha value is -1.84. The highest BCUT2D eigenvalue weighted by Crippen LogP contribution is 2.22. The summed E-state index contributed by atoms with van der Waals surface area (Å²) in [4.78, 5) is 0. The fraction of sp³-hybridized carbons (Fsp3) is 0.333. The van der Waals surface area contributed by atoms with Crippen molar-refractivity contribution in [1.29, 1.82) is 0 Å². The van der Waals surface area contributed by atoms with Crippen molar-refractivity contribution in [3.63, 3.8) is 0 Å². The molecule has 3 rings (SSSR count). The number of fused-ring (bicyclic) bond motifs is 1. The van der Waals surface area contributed by atoms with E-state index in [0.29, 0.717) is 0 Å². The van der Waals surface area contributed by atoms with Gasteiger partial charge in [0.2, 0.25) is 0 Å². The first-order chi connectivity index (χ1) is 7.84. The summed E-state index contributed by atoms with van der Waals surface area (Å²) in [5, 5.41) is 8.46. The van der Waals surface area contributed by atoms with E-state index in [1.807, 2.05) is 28.9 Å². The van der Waals surface area contributed by atoms with E-state index >= 15 is 0 Å². The van der Waals surface area contributed by atoms with Crippen LogP contribution in [0, 0.1) is 0 Å². The minimum Gasteiger partial charge on any atom is -0.399 e. The highest BCUT2D eigenvalue weighted by Gasteiger charge is 2.17. The van der Waals surface area contributed by atoms with Crippen LogP contribution in [0.3, 0.4) is 0 Å². The van der Waals surface area contributed by atoms with Gasteiger partial charge in [-0.15, -0.1) is 5.10 Å². The maximum absolute atomic E-state index is 5.78. The van der Waals surface area contributed by atoms with Crippen LogP contribution in [0.25, 0.3) is 5.69 Å². The Morgan fingerprint density at radius 3 is 2.94 bits per heavy atom. The highest BCUT2D eigenvalue weighted by molar-refractivity contribution is 5.47. The van der Waals surface area contributed by atoms with Crippen LogP contribution < -0.4 is 5.73 Å². The van der Waals surface area contributed by atoms with E-state index in [9.17, 15) is 0 Å². The molecule has 0 radical (unpaired) electrons. The maximum Gasteiger partial charge on any atom is 0.0863 e. The highest BCUT2D eigenvalue weighted by atomic mass is 15.4. The summed E-state index contributed by atoms with van der Waals surface area (Å²) in [6.45, 7) is 0. The molecule has 0 unspecified atom stereocenters. The minimum absolute atomic E-state index is 0.762. The van der Waals surface area contributed by atoms with E-state index in [1.165, 1.54) is 18.5 Å². The molecule has 1 aromatic carbocycles. The van der Waals surface area contributed by atoms with Crippen molar-refractivity contribution in [2.75, 3.05) is 5.73 Å². The van der Waals surface area contributed by atoms with E-state index < -0.39 is 0 Å². The number of benzene rings is 1. The molecule has 4 nitrogen and oxygen atoms in total. The molecule has 4 heteroatoms. The number of anilines is 1. The first-order valence-electron chi connectivity index (χ1n) is 5.64. The van der Waals surface area contributed by atoms with Crippen molar-refractivity contribution in [1.82, 2.24) is 15.0 Å². The zero-order valence-electron chi connectivity index (χ0n) is 9.06. The van der Waals surface area contributed by atoms with Crippen LogP contribution >= 0.6 is 0 Å². The number of aryl methyl sites for hydroxylation is 1. The second-order valence-electron chi connectivity index (χ2n) is 4.20. The molecule has 82 valence electrons. The van der Waals surface area contributed by atoms with Crippen molar-refractivity contribution < 1.29 is 0 Å². The van der Waals surface area contributed by atoms with Crippen molar-refractivity contribution in [3.8, 4) is 5.69 Å². The number of rotatable bonds is 1. The molecular formula is C12H14N4. The summed E-state index contributed by atoms with van der Waals surface area (Å²) in [7, 11) is 0. The van der Waals surface area contributed by atoms with Gasteiger partial charge < -0.3 is 5.73 Å². The summed E-state index contributed by atoms with van der Waals surface area (Å²) in [6.07, 6.45) is 4.57. The van der Waals surface area contributed by atoms with E-state index in [2.05, 4.69) is 10.3 Å².